The van der Waals surface area contributed by atoms with Gasteiger partial charge in [0, 0.05) is 12.0 Å². The molecule has 0 aromatic heterocycles. The molecule has 4 nitrogen and oxygen atoms in total. The number of carbonyl (C=O) groups excluding carboxylic acids is 1. The lowest BCUT2D eigenvalue weighted by molar-refractivity contribution is 0.0539. The summed E-state index contributed by atoms with van der Waals surface area (Å²) in [5, 5.41) is 0.605. The third-order valence-corrected chi connectivity index (χ3v) is 8.02. The van der Waals surface area contributed by atoms with E-state index in [-0.39, 0.29) is 24.1 Å². The lowest BCUT2D eigenvalue weighted by Crippen LogP contribution is -2.51. The fourth-order valence-electron chi connectivity index (χ4n) is 6.06. The van der Waals surface area contributed by atoms with Crippen LogP contribution in [0.5, 0.6) is 5.75 Å². The van der Waals surface area contributed by atoms with Crippen LogP contribution in [0.1, 0.15) is 48.3 Å². The third-order valence-electron chi connectivity index (χ3n) is 7.71. The lowest BCUT2D eigenvalue weighted by atomic mass is 9.83. The van der Waals surface area contributed by atoms with Crippen LogP contribution in [0.25, 0.3) is 16.7 Å². The highest BCUT2D eigenvalue weighted by molar-refractivity contribution is 6.32. The molecule has 1 aliphatic carbocycles. The highest BCUT2D eigenvalue weighted by Crippen LogP contribution is 2.45. The van der Waals surface area contributed by atoms with Gasteiger partial charge >= 0.3 is 6.09 Å². The maximum absolute atomic E-state index is 13.4. The third kappa shape index (κ3) is 3.90. The number of halogens is 1. The van der Waals surface area contributed by atoms with Gasteiger partial charge in [-0.1, -0.05) is 72.3 Å². The smallest absolute Gasteiger partial charge is 0.410 e. The van der Waals surface area contributed by atoms with Crippen molar-refractivity contribution < 1.29 is 14.3 Å². The molecule has 3 aromatic carbocycles. The predicted molar refractivity (Wildman–Crippen MR) is 139 cm³/mol. The Kier molecular flexibility index (Phi) is 5.77. The van der Waals surface area contributed by atoms with Gasteiger partial charge in [-0.2, -0.15) is 0 Å². The zero-order valence-corrected chi connectivity index (χ0v) is 20.5. The summed E-state index contributed by atoms with van der Waals surface area (Å²) in [5.41, 5.74) is 7.31. The number of rotatable bonds is 4. The van der Waals surface area contributed by atoms with Crippen LogP contribution in [-0.4, -0.2) is 36.8 Å². The molecule has 2 atom stereocenters. The van der Waals surface area contributed by atoms with E-state index < -0.39 is 0 Å². The van der Waals surface area contributed by atoms with Gasteiger partial charge in [0.25, 0.3) is 0 Å². The molecule has 1 amide bonds. The molecule has 0 saturated carbocycles. The molecular weight excluding hydrogens is 458 g/mol. The van der Waals surface area contributed by atoms with E-state index in [9.17, 15) is 4.79 Å². The average molecular weight is 486 g/mol. The van der Waals surface area contributed by atoms with Crippen LogP contribution >= 0.6 is 11.6 Å². The SMILES string of the molecule is COc1cc(C2=CC3CCCC(C2)N3C(=O)OCC2c3ccccc3-c3ccccc32)ccc1Cl. The summed E-state index contributed by atoms with van der Waals surface area (Å²) in [6.45, 7) is 0.355. The summed E-state index contributed by atoms with van der Waals surface area (Å²) < 4.78 is 11.4. The Hall–Kier alpha value is -3.24. The van der Waals surface area contributed by atoms with E-state index in [1.165, 1.54) is 27.8 Å². The number of benzene rings is 3. The minimum atomic E-state index is -0.203. The lowest BCUT2D eigenvalue weighted by Gasteiger charge is -2.44. The zero-order valence-electron chi connectivity index (χ0n) is 19.7. The molecule has 2 heterocycles. The van der Waals surface area contributed by atoms with Crippen LogP contribution in [0, 0.1) is 0 Å². The first-order valence-electron chi connectivity index (χ1n) is 12.3. The predicted octanol–water partition coefficient (Wildman–Crippen LogP) is 7.31. The molecule has 1 fully saturated rings. The van der Waals surface area contributed by atoms with Crippen LogP contribution in [0.3, 0.4) is 0 Å². The van der Waals surface area contributed by atoms with Gasteiger partial charge < -0.3 is 9.47 Å². The van der Waals surface area contributed by atoms with Crippen LogP contribution in [0.4, 0.5) is 4.79 Å². The van der Waals surface area contributed by atoms with E-state index in [0.717, 1.165) is 31.2 Å². The van der Waals surface area contributed by atoms with Crippen molar-refractivity contribution in [1.29, 1.82) is 0 Å². The highest BCUT2D eigenvalue weighted by Gasteiger charge is 2.39. The average Bonchev–Trinajstić information content (AvgIpc) is 3.20. The Balaban J connectivity index is 1.22. The summed E-state index contributed by atoms with van der Waals surface area (Å²) >= 11 is 6.23. The monoisotopic (exact) mass is 485 g/mol. The van der Waals surface area contributed by atoms with E-state index in [0.29, 0.717) is 17.4 Å². The van der Waals surface area contributed by atoms with Crippen molar-refractivity contribution in [1.82, 2.24) is 4.90 Å². The number of hydrogen-bond acceptors (Lipinski definition) is 3. The maximum Gasteiger partial charge on any atom is 0.410 e. The van der Waals surface area contributed by atoms with Crippen molar-refractivity contribution in [2.45, 2.75) is 43.7 Å². The first kappa shape index (κ1) is 22.2. The van der Waals surface area contributed by atoms with Crippen molar-refractivity contribution in [3.05, 3.63) is 94.5 Å². The molecule has 178 valence electrons. The number of amides is 1. The van der Waals surface area contributed by atoms with Gasteiger partial charge in [0.1, 0.15) is 12.4 Å². The number of nitrogens with zero attached hydrogens (tertiary/aromatic N) is 1. The Morgan fingerprint density at radius 3 is 2.40 bits per heavy atom. The van der Waals surface area contributed by atoms with Crippen molar-refractivity contribution in [3.63, 3.8) is 0 Å². The molecule has 35 heavy (non-hydrogen) atoms. The van der Waals surface area contributed by atoms with Crippen molar-refractivity contribution >= 4 is 23.3 Å². The summed E-state index contributed by atoms with van der Waals surface area (Å²) in [4.78, 5) is 15.4. The van der Waals surface area contributed by atoms with E-state index >= 15 is 0 Å². The normalized spacial score (nSPS) is 20.6. The second-order valence-corrected chi connectivity index (χ2v) is 10.0. The van der Waals surface area contributed by atoms with Gasteiger partial charge in [0.2, 0.25) is 0 Å². The number of fused-ring (bicyclic) bond motifs is 5. The molecule has 0 N–H and O–H groups in total. The van der Waals surface area contributed by atoms with Gasteiger partial charge in [-0.15, -0.1) is 0 Å². The van der Waals surface area contributed by atoms with Crippen LogP contribution in [0.2, 0.25) is 5.02 Å². The summed E-state index contributed by atoms with van der Waals surface area (Å²) in [6, 6.07) is 23.0. The van der Waals surface area contributed by atoms with Gasteiger partial charge in [0.05, 0.1) is 18.2 Å². The standard InChI is InChI=1S/C30H28ClNO3/c1-34-29-17-19(13-14-28(29)31)20-15-21-7-6-8-22(16-20)32(21)30(33)35-18-27-25-11-4-2-9-23(25)24-10-3-5-12-26(24)27/h2-5,9-15,17,21-22,27H,6-8,16,18H2,1H3. The maximum atomic E-state index is 13.4. The second-order valence-electron chi connectivity index (χ2n) is 9.61. The Bertz CT molecular complexity index is 1270. The molecule has 1 saturated heterocycles. The molecule has 3 aromatic rings. The first-order chi connectivity index (χ1) is 17.1. The molecule has 0 radical (unpaired) electrons. The van der Waals surface area contributed by atoms with Crippen LogP contribution in [-0.2, 0) is 4.74 Å². The van der Waals surface area contributed by atoms with Gasteiger partial charge in [-0.3, -0.25) is 4.90 Å². The number of carbonyl (C=O) groups is 1. The zero-order chi connectivity index (χ0) is 23.9. The molecule has 3 aliphatic rings. The van der Waals surface area contributed by atoms with Crippen LogP contribution < -0.4 is 4.74 Å². The fraction of sp³-hybridized carbons (Fsp3) is 0.300. The minimum absolute atomic E-state index is 0.0508. The molecule has 2 unspecified atom stereocenters. The topological polar surface area (TPSA) is 38.8 Å². The van der Waals surface area contributed by atoms with Crippen molar-refractivity contribution in [3.8, 4) is 16.9 Å². The molecule has 0 spiro atoms. The van der Waals surface area contributed by atoms with Gasteiger partial charge in [-0.25, -0.2) is 4.79 Å². The van der Waals surface area contributed by atoms with E-state index in [2.05, 4.69) is 54.6 Å². The van der Waals surface area contributed by atoms with Gasteiger partial charge in [-0.05, 0) is 71.2 Å². The van der Waals surface area contributed by atoms with Crippen molar-refractivity contribution in [2.75, 3.05) is 13.7 Å². The number of hydrogen-bond donors (Lipinski definition) is 0. The summed E-state index contributed by atoms with van der Waals surface area (Å²) in [5.74, 6) is 0.748. The largest absolute Gasteiger partial charge is 0.495 e. The Morgan fingerprint density at radius 2 is 1.71 bits per heavy atom. The number of ether oxygens (including phenoxy) is 2. The van der Waals surface area contributed by atoms with E-state index in [1.54, 1.807) is 7.11 Å². The van der Waals surface area contributed by atoms with E-state index in [4.69, 9.17) is 21.1 Å². The molecule has 2 aliphatic heterocycles. The summed E-state index contributed by atoms with van der Waals surface area (Å²) in [7, 11) is 1.63. The fourth-order valence-corrected chi connectivity index (χ4v) is 6.25. The molecule has 6 rings (SSSR count). The van der Waals surface area contributed by atoms with Crippen LogP contribution in [0.15, 0.2) is 72.8 Å². The quantitative estimate of drug-likeness (QED) is 0.389. The number of methoxy groups -OCH3 is 1. The number of piperidine rings is 1. The van der Waals surface area contributed by atoms with Crippen molar-refractivity contribution in [2.24, 2.45) is 0 Å². The molecular formula is C30H28ClNO3. The van der Waals surface area contributed by atoms with Gasteiger partial charge in [0.15, 0.2) is 0 Å². The Labute approximate surface area is 211 Å². The molecule has 2 bridgehead atoms. The minimum Gasteiger partial charge on any atom is -0.495 e. The summed E-state index contributed by atoms with van der Waals surface area (Å²) in [6.07, 6.45) is 5.91. The Morgan fingerprint density at radius 1 is 1.00 bits per heavy atom. The highest BCUT2D eigenvalue weighted by atomic mass is 35.5. The molecule has 5 heteroatoms. The second kappa shape index (κ2) is 9.09. The van der Waals surface area contributed by atoms with E-state index in [1.807, 2.05) is 23.1 Å². The first-order valence-corrected chi connectivity index (χ1v) is 12.7.